The van der Waals surface area contributed by atoms with E-state index in [0.717, 1.165) is 25.1 Å². The van der Waals surface area contributed by atoms with Crippen LogP contribution in [0.25, 0.3) is 0 Å². The van der Waals surface area contributed by atoms with Crippen LogP contribution in [-0.4, -0.2) is 15.7 Å². The third-order valence-electron chi connectivity index (χ3n) is 1.74. The lowest BCUT2D eigenvalue weighted by atomic mass is 10.2. The molecule has 0 atom stereocenters. The van der Waals surface area contributed by atoms with Crippen LogP contribution in [0.1, 0.15) is 18.5 Å². The minimum atomic E-state index is 0.762. The molecule has 0 saturated heterocycles. The van der Waals surface area contributed by atoms with Crippen LogP contribution in [0.5, 0.6) is 0 Å². The van der Waals surface area contributed by atoms with E-state index >= 15 is 0 Å². The zero-order valence-electron chi connectivity index (χ0n) is 6.76. The van der Waals surface area contributed by atoms with E-state index in [2.05, 4.69) is 5.10 Å². The van der Waals surface area contributed by atoms with Crippen LogP contribution in [0.15, 0.2) is 12.3 Å². The zero-order valence-corrected chi connectivity index (χ0v) is 7.51. The van der Waals surface area contributed by atoms with Crippen molar-refractivity contribution in [3.05, 3.63) is 18.0 Å². The van der Waals surface area contributed by atoms with E-state index in [1.807, 2.05) is 24.0 Å². The molecular weight excluding hydrogens is 160 g/mol. The van der Waals surface area contributed by atoms with Gasteiger partial charge >= 0.3 is 0 Å². The Morgan fingerprint density at radius 2 is 2.36 bits per heavy atom. The van der Waals surface area contributed by atoms with E-state index in [1.54, 1.807) is 0 Å². The first kappa shape index (κ1) is 8.60. The van der Waals surface area contributed by atoms with Gasteiger partial charge in [0.25, 0.3) is 0 Å². The molecule has 11 heavy (non-hydrogen) atoms. The summed E-state index contributed by atoms with van der Waals surface area (Å²) in [6.45, 7) is 0. The molecule has 0 unspecified atom stereocenters. The maximum atomic E-state index is 5.56. The maximum absolute atomic E-state index is 5.56. The molecular formula is C8H13ClN2. The van der Waals surface area contributed by atoms with Crippen LogP contribution in [0.2, 0.25) is 0 Å². The quantitative estimate of drug-likeness (QED) is 0.502. The standard InChI is InChI=1S/C8H13ClN2/c1-11-8(5-7-10-11)4-2-3-6-9/h5,7H,2-4,6H2,1H3. The van der Waals surface area contributed by atoms with Crippen LogP contribution < -0.4 is 0 Å². The SMILES string of the molecule is Cn1nccc1CCCCCl. The fraction of sp³-hybridized carbons (Fsp3) is 0.625. The van der Waals surface area contributed by atoms with Crippen LogP contribution in [-0.2, 0) is 13.5 Å². The highest BCUT2D eigenvalue weighted by atomic mass is 35.5. The summed E-state index contributed by atoms with van der Waals surface area (Å²) in [6, 6.07) is 2.05. The van der Waals surface area contributed by atoms with Crippen LogP contribution >= 0.6 is 11.6 Å². The smallest absolute Gasteiger partial charge is 0.0492 e. The van der Waals surface area contributed by atoms with Gasteiger partial charge in [-0.05, 0) is 25.3 Å². The highest BCUT2D eigenvalue weighted by Crippen LogP contribution is 2.03. The Labute approximate surface area is 72.2 Å². The fourth-order valence-corrected chi connectivity index (χ4v) is 1.24. The molecule has 0 saturated carbocycles. The summed E-state index contributed by atoms with van der Waals surface area (Å²) in [7, 11) is 1.97. The van der Waals surface area contributed by atoms with Crippen molar-refractivity contribution in [2.75, 3.05) is 5.88 Å². The molecule has 0 bridgehead atoms. The summed E-state index contributed by atoms with van der Waals surface area (Å²) >= 11 is 5.56. The molecule has 1 rings (SSSR count). The number of rotatable bonds is 4. The van der Waals surface area contributed by atoms with Gasteiger partial charge in [-0.1, -0.05) is 0 Å². The van der Waals surface area contributed by atoms with E-state index < -0.39 is 0 Å². The highest BCUT2D eigenvalue weighted by molar-refractivity contribution is 6.17. The molecule has 0 fully saturated rings. The minimum absolute atomic E-state index is 0.762. The molecule has 0 radical (unpaired) electrons. The summed E-state index contributed by atoms with van der Waals surface area (Å²) in [5, 5.41) is 4.08. The molecule has 62 valence electrons. The number of halogens is 1. The first-order valence-corrected chi connectivity index (χ1v) is 4.41. The number of nitrogens with zero attached hydrogens (tertiary/aromatic N) is 2. The topological polar surface area (TPSA) is 17.8 Å². The summed E-state index contributed by atoms with van der Waals surface area (Å²) in [5.74, 6) is 0.762. The molecule has 0 aliphatic rings. The Morgan fingerprint density at radius 1 is 1.55 bits per heavy atom. The Morgan fingerprint density at radius 3 is 2.91 bits per heavy atom. The van der Waals surface area contributed by atoms with E-state index in [1.165, 1.54) is 5.69 Å². The van der Waals surface area contributed by atoms with Crippen molar-refractivity contribution in [1.82, 2.24) is 9.78 Å². The summed E-state index contributed by atoms with van der Waals surface area (Å²) in [5.41, 5.74) is 1.29. The van der Waals surface area contributed by atoms with Crippen molar-refractivity contribution in [1.29, 1.82) is 0 Å². The number of aromatic nitrogens is 2. The minimum Gasteiger partial charge on any atom is -0.273 e. The molecule has 0 aliphatic carbocycles. The monoisotopic (exact) mass is 172 g/mol. The van der Waals surface area contributed by atoms with Gasteiger partial charge in [-0.3, -0.25) is 4.68 Å². The van der Waals surface area contributed by atoms with Gasteiger partial charge in [0.1, 0.15) is 0 Å². The lowest BCUT2D eigenvalue weighted by Crippen LogP contribution is -1.97. The highest BCUT2D eigenvalue weighted by Gasteiger charge is 1.96. The van der Waals surface area contributed by atoms with Gasteiger partial charge in [-0.25, -0.2) is 0 Å². The number of hydrogen-bond acceptors (Lipinski definition) is 1. The molecule has 0 aromatic carbocycles. The molecule has 0 spiro atoms. The van der Waals surface area contributed by atoms with Crippen LogP contribution in [0.3, 0.4) is 0 Å². The van der Waals surface area contributed by atoms with Gasteiger partial charge in [0.15, 0.2) is 0 Å². The zero-order chi connectivity index (χ0) is 8.10. The van der Waals surface area contributed by atoms with Gasteiger partial charge < -0.3 is 0 Å². The van der Waals surface area contributed by atoms with E-state index in [0.29, 0.717) is 0 Å². The number of hydrogen-bond donors (Lipinski definition) is 0. The largest absolute Gasteiger partial charge is 0.273 e. The molecule has 1 aromatic heterocycles. The fourth-order valence-electron chi connectivity index (χ4n) is 1.05. The van der Waals surface area contributed by atoms with Crippen molar-refractivity contribution >= 4 is 11.6 Å². The predicted octanol–water partition coefficient (Wildman–Crippen LogP) is 1.98. The lowest BCUT2D eigenvalue weighted by molar-refractivity contribution is 0.677. The lowest BCUT2D eigenvalue weighted by Gasteiger charge is -1.99. The van der Waals surface area contributed by atoms with Gasteiger partial charge in [0.2, 0.25) is 0 Å². The normalized spacial score (nSPS) is 10.4. The van der Waals surface area contributed by atoms with Crippen molar-refractivity contribution in [3.8, 4) is 0 Å². The number of alkyl halides is 1. The summed E-state index contributed by atoms with van der Waals surface area (Å²) < 4.78 is 1.91. The first-order valence-electron chi connectivity index (χ1n) is 3.87. The van der Waals surface area contributed by atoms with Crippen molar-refractivity contribution in [2.24, 2.45) is 7.05 Å². The molecule has 0 amide bonds. The average molecular weight is 173 g/mol. The molecule has 1 heterocycles. The first-order chi connectivity index (χ1) is 5.34. The molecule has 0 N–H and O–H groups in total. The molecule has 1 aromatic rings. The Kier molecular flexibility index (Phi) is 3.43. The van der Waals surface area contributed by atoms with E-state index in [-0.39, 0.29) is 0 Å². The Bertz CT molecular complexity index is 208. The third kappa shape index (κ3) is 2.54. The van der Waals surface area contributed by atoms with Crippen molar-refractivity contribution in [3.63, 3.8) is 0 Å². The van der Waals surface area contributed by atoms with Crippen LogP contribution in [0, 0.1) is 0 Å². The van der Waals surface area contributed by atoms with E-state index in [4.69, 9.17) is 11.6 Å². The summed E-state index contributed by atoms with van der Waals surface area (Å²) in [4.78, 5) is 0. The van der Waals surface area contributed by atoms with Gasteiger partial charge in [0.05, 0.1) is 0 Å². The molecule has 3 heteroatoms. The molecule has 0 aliphatic heterocycles. The second kappa shape index (κ2) is 4.39. The van der Waals surface area contributed by atoms with E-state index in [9.17, 15) is 0 Å². The van der Waals surface area contributed by atoms with Crippen molar-refractivity contribution in [2.45, 2.75) is 19.3 Å². The van der Waals surface area contributed by atoms with Gasteiger partial charge in [-0.2, -0.15) is 5.10 Å². The Balaban J connectivity index is 2.32. The van der Waals surface area contributed by atoms with Crippen LogP contribution in [0.4, 0.5) is 0 Å². The second-order valence-corrected chi connectivity index (χ2v) is 2.97. The van der Waals surface area contributed by atoms with Crippen molar-refractivity contribution < 1.29 is 0 Å². The molecule has 2 nitrogen and oxygen atoms in total. The predicted molar refractivity (Wildman–Crippen MR) is 46.9 cm³/mol. The summed E-state index contributed by atoms with van der Waals surface area (Å²) in [6.07, 6.45) is 5.16. The number of aryl methyl sites for hydroxylation is 2. The average Bonchev–Trinajstić information content (AvgIpc) is 2.37. The Hall–Kier alpha value is -0.500. The second-order valence-electron chi connectivity index (χ2n) is 2.59. The third-order valence-corrected chi connectivity index (χ3v) is 2.01. The van der Waals surface area contributed by atoms with Gasteiger partial charge in [-0.15, -0.1) is 11.6 Å². The number of unbranched alkanes of at least 4 members (excludes halogenated alkanes) is 1. The van der Waals surface area contributed by atoms with Gasteiger partial charge in [0, 0.05) is 24.8 Å². The maximum Gasteiger partial charge on any atom is 0.0492 e.